The van der Waals surface area contributed by atoms with Crippen molar-refractivity contribution in [1.82, 2.24) is 14.8 Å². The van der Waals surface area contributed by atoms with Crippen LogP contribution in [0.4, 0.5) is 0 Å². The van der Waals surface area contributed by atoms with E-state index in [2.05, 4.69) is 28.1 Å². The van der Waals surface area contributed by atoms with Gasteiger partial charge < -0.3 is 14.7 Å². The quantitative estimate of drug-likeness (QED) is 0.886. The fourth-order valence-electron chi connectivity index (χ4n) is 3.19. The summed E-state index contributed by atoms with van der Waals surface area (Å²) in [6.45, 7) is 5.48. The average molecular weight is 343 g/mol. The minimum Gasteiger partial charge on any atom is -0.390 e. The summed E-state index contributed by atoms with van der Waals surface area (Å²) in [5, 5.41) is 11.4. The molecular weight excluding hydrogens is 318 g/mol. The number of ether oxygens (including phenoxy) is 1. The number of hydrogen-bond donors (Lipinski definition) is 1. The van der Waals surface area contributed by atoms with E-state index in [1.54, 1.807) is 11.1 Å². The van der Waals surface area contributed by atoms with Crippen molar-refractivity contribution in [2.24, 2.45) is 0 Å². The summed E-state index contributed by atoms with van der Waals surface area (Å²) in [6.07, 6.45) is 1.25. The van der Waals surface area contributed by atoms with Gasteiger partial charge in [-0.25, -0.2) is 0 Å². The number of aromatic nitrogens is 1. The lowest BCUT2D eigenvalue weighted by molar-refractivity contribution is -0.136. The van der Waals surface area contributed by atoms with Crippen molar-refractivity contribution in [1.29, 1.82) is 0 Å². The first-order valence-electron chi connectivity index (χ1n) is 8.75. The Morgan fingerprint density at radius 3 is 3.04 bits per heavy atom. The highest BCUT2D eigenvalue weighted by molar-refractivity contribution is 5.79. The Morgan fingerprint density at radius 2 is 2.20 bits per heavy atom. The van der Waals surface area contributed by atoms with Crippen LogP contribution < -0.4 is 0 Å². The lowest BCUT2D eigenvalue weighted by Crippen LogP contribution is -2.39. The predicted octanol–water partition coefficient (Wildman–Crippen LogP) is 1.28. The zero-order chi connectivity index (χ0) is 17.6. The number of aliphatic hydroxyl groups is 1. The molecule has 0 radical (unpaired) electrons. The first-order chi connectivity index (χ1) is 12.2. The largest absolute Gasteiger partial charge is 0.390 e. The minimum absolute atomic E-state index is 0.0560. The number of nitrogens with zero attached hydrogens (tertiary/aromatic N) is 3. The van der Waals surface area contributed by atoms with Crippen LogP contribution in [0, 0.1) is 0 Å². The number of rotatable bonds is 5. The maximum Gasteiger partial charge on any atom is 0.248 e. The van der Waals surface area contributed by atoms with Crippen molar-refractivity contribution in [2.75, 3.05) is 39.4 Å². The molecule has 1 amide bonds. The molecule has 1 aromatic carbocycles. The van der Waals surface area contributed by atoms with Crippen LogP contribution in [0.5, 0.6) is 0 Å². The van der Waals surface area contributed by atoms with E-state index in [1.807, 2.05) is 19.1 Å². The highest BCUT2D eigenvalue weighted by Gasteiger charge is 2.24. The zero-order valence-corrected chi connectivity index (χ0v) is 14.6. The van der Waals surface area contributed by atoms with E-state index in [-0.39, 0.29) is 12.5 Å². The van der Waals surface area contributed by atoms with E-state index in [1.165, 1.54) is 5.56 Å². The molecule has 2 heterocycles. The second-order valence-corrected chi connectivity index (χ2v) is 6.40. The molecule has 0 saturated carbocycles. The van der Waals surface area contributed by atoms with Crippen LogP contribution in [0.25, 0.3) is 10.9 Å². The van der Waals surface area contributed by atoms with Gasteiger partial charge in [-0.1, -0.05) is 12.1 Å². The summed E-state index contributed by atoms with van der Waals surface area (Å²) >= 11 is 0. The summed E-state index contributed by atoms with van der Waals surface area (Å²) in [5.74, 6) is -0.0560. The third-order valence-corrected chi connectivity index (χ3v) is 4.44. The Kier molecular flexibility index (Phi) is 5.96. The van der Waals surface area contributed by atoms with Crippen molar-refractivity contribution in [2.45, 2.75) is 19.6 Å². The third-order valence-electron chi connectivity index (χ3n) is 4.44. The van der Waals surface area contributed by atoms with Gasteiger partial charge in [0.05, 0.1) is 11.6 Å². The normalized spacial score (nSPS) is 19.1. The first kappa shape index (κ1) is 17.8. The molecule has 25 heavy (non-hydrogen) atoms. The Morgan fingerprint density at radius 1 is 1.32 bits per heavy atom. The van der Waals surface area contributed by atoms with Gasteiger partial charge in [-0.15, -0.1) is 0 Å². The lowest BCUT2D eigenvalue weighted by Gasteiger charge is -2.21. The summed E-state index contributed by atoms with van der Waals surface area (Å²) in [5.41, 5.74) is 2.16. The summed E-state index contributed by atoms with van der Waals surface area (Å²) in [7, 11) is 0. The van der Waals surface area contributed by atoms with E-state index in [0.717, 1.165) is 24.0 Å². The van der Waals surface area contributed by atoms with Gasteiger partial charge in [0.25, 0.3) is 0 Å². The van der Waals surface area contributed by atoms with Gasteiger partial charge in [-0.3, -0.25) is 14.7 Å². The van der Waals surface area contributed by atoms with Crippen molar-refractivity contribution in [3.8, 4) is 0 Å². The van der Waals surface area contributed by atoms with E-state index in [0.29, 0.717) is 26.2 Å². The second kappa shape index (κ2) is 8.38. The van der Waals surface area contributed by atoms with Crippen molar-refractivity contribution >= 4 is 16.8 Å². The van der Waals surface area contributed by atoms with Crippen LogP contribution in [-0.2, 0) is 16.1 Å². The van der Waals surface area contributed by atoms with Crippen LogP contribution in [0.3, 0.4) is 0 Å². The molecule has 1 aromatic heterocycles. The van der Waals surface area contributed by atoms with Gasteiger partial charge >= 0.3 is 0 Å². The molecule has 0 spiro atoms. The molecule has 1 unspecified atom stereocenters. The number of amides is 1. The van der Waals surface area contributed by atoms with Crippen LogP contribution in [0.2, 0.25) is 0 Å². The maximum atomic E-state index is 12.1. The number of fused-ring (bicyclic) bond motifs is 1. The standard InChI is InChI=1S/C19H25N3O3/c1-2-25-14-19(24)22-9-8-21(12-17(23)13-22)11-15-5-6-18-16(10-15)4-3-7-20-18/h3-7,10,17,23H,2,8-9,11-14H2,1H3. The number of β-amino-alcohol motifs (C(OH)–C–C–N with tert-alkyl or cyclic N) is 1. The monoisotopic (exact) mass is 343 g/mol. The average Bonchev–Trinajstić information content (AvgIpc) is 2.80. The molecule has 0 aliphatic carbocycles. The zero-order valence-electron chi connectivity index (χ0n) is 14.6. The molecule has 0 bridgehead atoms. The van der Waals surface area contributed by atoms with Gasteiger partial charge in [0.1, 0.15) is 6.61 Å². The van der Waals surface area contributed by atoms with Crippen LogP contribution >= 0.6 is 0 Å². The molecule has 134 valence electrons. The van der Waals surface area contributed by atoms with E-state index >= 15 is 0 Å². The molecular formula is C19H25N3O3. The molecule has 1 N–H and O–H groups in total. The van der Waals surface area contributed by atoms with Gasteiger partial charge in [0.2, 0.25) is 5.91 Å². The Bertz CT molecular complexity index is 722. The van der Waals surface area contributed by atoms with Crippen molar-refractivity contribution in [3.05, 3.63) is 42.1 Å². The summed E-state index contributed by atoms with van der Waals surface area (Å²) in [6, 6.07) is 10.2. The number of pyridine rings is 1. The number of hydrogen-bond acceptors (Lipinski definition) is 5. The molecule has 1 atom stereocenters. The Hall–Kier alpha value is -2.02. The second-order valence-electron chi connectivity index (χ2n) is 6.40. The number of benzene rings is 1. The summed E-state index contributed by atoms with van der Waals surface area (Å²) < 4.78 is 5.20. The molecule has 6 heteroatoms. The fourth-order valence-corrected chi connectivity index (χ4v) is 3.19. The molecule has 2 aromatic rings. The molecule has 6 nitrogen and oxygen atoms in total. The minimum atomic E-state index is -0.546. The number of carbonyl (C=O) groups is 1. The van der Waals surface area contributed by atoms with Gasteiger partial charge in [0.15, 0.2) is 0 Å². The first-order valence-corrected chi connectivity index (χ1v) is 8.75. The third kappa shape index (κ3) is 4.75. The fraction of sp³-hybridized carbons (Fsp3) is 0.474. The van der Waals surface area contributed by atoms with E-state index in [4.69, 9.17) is 4.74 Å². The maximum absolute atomic E-state index is 12.1. The van der Waals surface area contributed by atoms with Crippen molar-refractivity contribution < 1.29 is 14.6 Å². The molecule has 1 aliphatic rings. The van der Waals surface area contributed by atoms with Crippen molar-refractivity contribution in [3.63, 3.8) is 0 Å². The van der Waals surface area contributed by atoms with Gasteiger partial charge in [-0.05, 0) is 30.7 Å². The van der Waals surface area contributed by atoms with E-state index in [9.17, 15) is 9.90 Å². The molecule has 1 aliphatic heterocycles. The number of carbonyl (C=O) groups excluding carboxylic acids is 1. The number of aliphatic hydroxyl groups excluding tert-OH is 1. The topological polar surface area (TPSA) is 65.9 Å². The van der Waals surface area contributed by atoms with Crippen LogP contribution in [-0.4, -0.2) is 71.3 Å². The lowest BCUT2D eigenvalue weighted by atomic mass is 10.1. The predicted molar refractivity (Wildman–Crippen MR) is 96.1 cm³/mol. The van der Waals surface area contributed by atoms with Gasteiger partial charge in [-0.2, -0.15) is 0 Å². The summed E-state index contributed by atoms with van der Waals surface area (Å²) in [4.78, 5) is 20.4. The Balaban J connectivity index is 1.63. The van der Waals surface area contributed by atoms with E-state index < -0.39 is 6.10 Å². The Labute approximate surface area is 148 Å². The smallest absolute Gasteiger partial charge is 0.248 e. The highest BCUT2D eigenvalue weighted by Crippen LogP contribution is 2.16. The molecule has 1 saturated heterocycles. The SMILES string of the molecule is CCOCC(=O)N1CCN(Cc2ccc3ncccc3c2)CC(O)C1. The molecule has 1 fully saturated rings. The van der Waals surface area contributed by atoms with Gasteiger partial charge in [0, 0.05) is 50.9 Å². The van der Waals surface area contributed by atoms with Crippen LogP contribution in [0.15, 0.2) is 36.5 Å². The molecule has 3 rings (SSSR count). The highest BCUT2D eigenvalue weighted by atomic mass is 16.5. The van der Waals surface area contributed by atoms with Crippen LogP contribution in [0.1, 0.15) is 12.5 Å².